The van der Waals surface area contributed by atoms with E-state index in [9.17, 15) is 0 Å². The van der Waals surface area contributed by atoms with Gasteiger partial charge in [0.25, 0.3) is 0 Å². The number of fused-ring (bicyclic) bond motifs is 2. The lowest BCUT2D eigenvalue weighted by Gasteiger charge is -2.30. The zero-order chi connectivity index (χ0) is 18.6. The van der Waals surface area contributed by atoms with Crippen LogP contribution >= 0.6 is 0 Å². The number of ether oxygens (including phenoxy) is 1. The molecule has 1 aliphatic carbocycles. The Morgan fingerprint density at radius 1 is 1.15 bits per heavy atom. The van der Waals surface area contributed by atoms with E-state index in [2.05, 4.69) is 59.4 Å². The van der Waals surface area contributed by atoms with Crippen molar-refractivity contribution in [3.8, 4) is 5.75 Å². The summed E-state index contributed by atoms with van der Waals surface area (Å²) in [7, 11) is 4.03. The average Bonchev–Trinajstić information content (AvgIpc) is 2.72. The number of methoxy groups -OCH3 is 1. The van der Waals surface area contributed by atoms with Gasteiger partial charge in [0, 0.05) is 30.9 Å². The Hall–Kier alpha value is -2.39. The number of rotatable bonds is 6. The molecule has 1 heterocycles. The molecule has 1 unspecified atom stereocenters. The highest BCUT2D eigenvalue weighted by molar-refractivity contribution is 5.81. The van der Waals surface area contributed by atoms with Crippen molar-refractivity contribution in [2.45, 2.75) is 31.6 Å². The fraction of sp³-hybridized carbons (Fsp3) is 0.375. The Balaban J connectivity index is 1.40. The molecule has 3 nitrogen and oxygen atoms in total. The molecule has 140 valence electrons. The first kappa shape index (κ1) is 18.0. The standard InChI is InChI=1S/C24H28N2O/c1-26(14-12-18-9-10-20-16-25-13-11-19(20)15-18)17-21-5-3-7-23-22(21)6-4-8-24(23)27-2/h4,6,8-11,13,15-16,21H,3,5,7,12,14,17H2,1-2H3. The quantitative estimate of drug-likeness (QED) is 0.629. The molecule has 1 atom stereocenters. The van der Waals surface area contributed by atoms with Crippen LogP contribution in [0.3, 0.4) is 0 Å². The van der Waals surface area contributed by atoms with Gasteiger partial charge in [0.2, 0.25) is 0 Å². The summed E-state index contributed by atoms with van der Waals surface area (Å²) >= 11 is 0. The van der Waals surface area contributed by atoms with Crippen molar-refractivity contribution < 1.29 is 4.74 Å². The molecule has 0 radical (unpaired) electrons. The van der Waals surface area contributed by atoms with Gasteiger partial charge in [-0.3, -0.25) is 4.98 Å². The van der Waals surface area contributed by atoms with Crippen molar-refractivity contribution in [1.29, 1.82) is 0 Å². The summed E-state index contributed by atoms with van der Waals surface area (Å²) in [5.74, 6) is 1.67. The lowest BCUT2D eigenvalue weighted by Crippen LogP contribution is -2.28. The van der Waals surface area contributed by atoms with Crippen LogP contribution < -0.4 is 4.74 Å². The van der Waals surface area contributed by atoms with Crippen LogP contribution in [0.25, 0.3) is 10.8 Å². The zero-order valence-electron chi connectivity index (χ0n) is 16.3. The third-order valence-electron chi connectivity index (χ3n) is 5.83. The van der Waals surface area contributed by atoms with Crippen molar-refractivity contribution in [2.24, 2.45) is 0 Å². The second kappa shape index (κ2) is 8.10. The van der Waals surface area contributed by atoms with Gasteiger partial charge < -0.3 is 9.64 Å². The monoisotopic (exact) mass is 360 g/mol. The minimum absolute atomic E-state index is 0.608. The van der Waals surface area contributed by atoms with Crippen LogP contribution in [0.15, 0.2) is 54.9 Å². The topological polar surface area (TPSA) is 25.4 Å². The van der Waals surface area contributed by atoms with E-state index in [4.69, 9.17) is 4.74 Å². The Morgan fingerprint density at radius 2 is 2.07 bits per heavy atom. The molecule has 3 aromatic rings. The second-order valence-electron chi connectivity index (χ2n) is 7.69. The van der Waals surface area contributed by atoms with Crippen molar-refractivity contribution in [3.63, 3.8) is 0 Å². The Kier molecular flexibility index (Phi) is 5.40. The Morgan fingerprint density at radius 3 is 2.96 bits per heavy atom. The first-order chi connectivity index (χ1) is 13.2. The van der Waals surface area contributed by atoms with E-state index in [1.165, 1.54) is 40.3 Å². The van der Waals surface area contributed by atoms with Crippen molar-refractivity contribution in [3.05, 3.63) is 71.5 Å². The molecule has 2 aromatic carbocycles. The summed E-state index contributed by atoms with van der Waals surface area (Å²) in [5.41, 5.74) is 4.31. The molecule has 0 amide bonds. The van der Waals surface area contributed by atoms with Crippen LogP contribution in [0.2, 0.25) is 0 Å². The van der Waals surface area contributed by atoms with Crippen LogP contribution in [0, 0.1) is 0 Å². The van der Waals surface area contributed by atoms with Crippen LogP contribution in [-0.2, 0) is 12.8 Å². The number of hydrogen-bond donors (Lipinski definition) is 0. The van der Waals surface area contributed by atoms with Gasteiger partial charge in [0.1, 0.15) is 5.75 Å². The van der Waals surface area contributed by atoms with Gasteiger partial charge in [-0.05, 0) is 72.9 Å². The molecule has 3 heteroatoms. The van der Waals surface area contributed by atoms with Gasteiger partial charge in [-0.25, -0.2) is 0 Å². The summed E-state index contributed by atoms with van der Waals surface area (Å²) in [5, 5.41) is 2.49. The molecule has 0 saturated carbocycles. The first-order valence-corrected chi connectivity index (χ1v) is 9.91. The molecule has 0 bridgehead atoms. The van der Waals surface area contributed by atoms with Gasteiger partial charge >= 0.3 is 0 Å². The lowest BCUT2D eigenvalue weighted by atomic mass is 9.82. The minimum Gasteiger partial charge on any atom is -0.496 e. The highest BCUT2D eigenvalue weighted by Crippen LogP contribution is 2.36. The zero-order valence-corrected chi connectivity index (χ0v) is 16.3. The van der Waals surface area contributed by atoms with E-state index in [0.717, 1.165) is 31.7 Å². The maximum absolute atomic E-state index is 5.59. The summed E-state index contributed by atoms with van der Waals surface area (Å²) < 4.78 is 5.59. The van der Waals surface area contributed by atoms with Crippen molar-refractivity contribution in [2.75, 3.05) is 27.2 Å². The maximum atomic E-state index is 5.59. The third kappa shape index (κ3) is 3.98. The molecule has 0 saturated heterocycles. The van der Waals surface area contributed by atoms with E-state index in [0.29, 0.717) is 5.92 Å². The summed E-state index contributed by atoms with van der Waals surface area (Å²) in [6.45, 7) is 2.18. The largest absolute Gasteiger partial charge is 0.496 e. The Bertz CT molecular complexity index is 921. The van der Waals surface area contributed by atoms with Crippen LogP contribution in [0.1, 0.15) is 35.4 Å². The highest BCUT2D eigenvalue weighted by Gasteiger charge is 2.23. The van der Waals surface area contributed by atoms with Gasteiger partial charge in [-0.1, -0.05) is 30.3 Å². The smallest absolute Gasteiger partial charge is 0.122 e. The number of pyridine rings is 1. The highest BCUT2D eigenvalue weighted by atomic mass is 16.5. The third-order valence-corrected chi connectivity index (χ3v) is 5.83. The number of benzene rings is 2. The molecule has 0 spiro atoms. The second-order valence-corrected chi connectivity index (χ2v) is 7.69. The van der Waals surface area contributed by atoms with Gasteiger partial charge in [-0.15, -0.1) is 0 Å². The Labute approximate surface area is 162 Å². The van der Waals surface area contributed by atoms with E-state index in [1.807, 2.05) is 12.4 Å². The lowest BCUT2D eigenvalue weighted by molar-refractivity contribution is 0.299. The number of nitrogens with zero attached hydrogens (tertiary/aromatic N) is 2. The fourth-order valence-electron chi connectivity index (χ4n) is 4.37. The van der Waals surface area contributed by atoms with Crippen LogP contribution in [0.5, 0.6) is 5.75 Å². The minimum atomic E-state index is 0.608. The predicted octanol–water partition coefficient (Wildman–Crippen LogP) is 4.84. The molecule has 0 aliphatic heterocycles. The molecule has 27 heavy (non-hydrogen) atoms. The van der Waals surface area contributed by atoms with Gasteiger partial charge in [0.15, 0.2) is 0 Å². The first-order valence-electron chi connectivity index (χ1n) is 9.91. The molecular weight excluding hydrogens is 332 g/mol. The molecular formula is C24H28N2O. The van der Waals surface area contributed by atoms with Crippen LogP contribution in [-0.4, -0.2) is 37.1 Å². The van der Waals surface area contributed by atoms with E-state index >= 15 is 0 Å². The van der Waals surface area contributed by atoms with Crippen LogP contribution in [0.4, 0.5) is 0 Å². The molecule has 1 aromatic heterocycles. The molecule has 1 aliphatic rings. The maximum Gasteiger partial charge on any atom is 0.122 e. The normalized spacial score (nSPS) is 16.5. The molecule has 0 fully saturated rings. The predicted molar refractivity (Wildman–Crippen MR) is 112 cm³/mol. The number of hydrogen-bond acceptors (Lipinski definition) is 3. The van der Waals surface area contributed by atoms with Crippen molar-refractivity contribution in [1.82, 2.24) is 9.88 Å². The fourth-order valence-corrected chi connectivity index (χ4v) is 4.37. The van der Waals surface area contributed by atoms with E-state index in [1.54, 1.807) is 7.11 Å². The summed E-state index contributed by atoms with van der Waals surface area (Å²) in [6, 6.07) is 15.3. The number of aromatic nitrogens is 1. The average molecular weight is 361 g/mol. The molecule has 4 rings (SSSR count). The van der Waals surface area contributed by atoms with E-state index < -0.39 is 0 Å². The van der Waals surface area contributed by atoms with Gasteiger partial charge in [-0.2, -0.15) is 0 Å². The summed E-state index contributed by atoms with van der Waals surface area (Å²) in [4.78, 5) is 6.68. The summed E-state index contributed by atoms with van der Waals surface area (Å²) in [6.07, 6.45) is 8.54. The number of likely N-dealkylation sites (N-methyl/N-ethyl adjacent to an activating group) is 1. The SMILES string of the molecule is COc1cccc2c1CCCC2CN(C)CCc1ccc2cnccc2c1. The molecule has 0 N–H and O–H groups in total. The van der Waals surface area contributed by atoms with Gasteiger partial charge in [0.05, 0.1) is 7.11 Å². The van der Waals surface area contributed by atoms with E-state index in [-0.39, 0.29) is 0 Å². The van der Waals surface area contributed by atoms with Crippen molar-refractivity contribution >= 4 is 10.8 Å².